The molecule has 0 saturated heterocycles. The summed E-state index contributed by atoms with van der Waals surface area (Å²) < 4.78 is 11.0. The number of nitrogens with zero attached hydrogens (tertiary/aromatic N) is 1. The second-order valence-electron chi connectivity index (χ2n) is 5.21. The molecule has 3 nitrogen and oxygen atoms in total. The van der Waals surface area contributed by atoms with Gasteiger partial charge in [-0.2, -0.15) is 5.26 Å². The van der Waals surface area contributed by atoms with Gasteiger partial charge in [-0.3, -0.25) is 0 Å². The zero-order chi connectivity index (χ0) is 14.1. The Labute approximate surface area is 116 Å². The summed E-state index contributed by atoms with van der Waals surface area (Å²) in [7, 11) is 0. The molecule has 0 aliphatic rings. The Morgan fingerprint density at radius 2 is 1.63 bits per heavy atom. The van der Waals surface area contributed by atoms with Crippen LogP contribution in [0.1, 0.15) is 40.0 Å². The van der Waals surface area contributed by atoms with Crippen molar-refractivity contribution in [3.8, 4) is 17.6 Å². The number of benzene rings is 1. The SMILES string of the molecule is CCOc1ccc(OCCCCC(C)(C)C#N)cc1. The summed E-state index contributed by atoms with van der Waals surface area (Å²) in [5, 5.41) is 8.91. The largest absolute Gasteiger partial charge is 0.494 e. The van der Waals surface area contributed by atoms with E-state index in [0.29, 0.717) is 13.2 Å². The minimum Gasteiger partial charge on any atom is -0.494 e. The van der Waals surface area contributed by atoms with Gasteiger partial charge in [0.05, 0.1) is 24.7 Å². The predicted octanol–water partition coefficient (Wildman–Crippen LogP) is 4.18. The lowest BCUT2D eigenvalue weighted by molar-refractivity contribution is 0.293. The van der Waals surface area contributed by atoms with Gasteiger partial charge in [-0.15, -0.1) is 0 Å². The van der Waals surface area contributed by atoms with E-state index >= 15 is 0 Å². The van der Waals surface area contributed by atoms with E-state index in [1.54, 1.807) is 0 Å². The van der Waals surface area contributed by atoms with Crippen molar-refractivity contribution >= 4 is 0 Å². The zero-order valence-corrected chi connectivity index (χ0v) is 12.1. The van der Waals surface area contributed by atoms with Crippen molar-refractivity contribution in [2.75, 3.05) is 13.2 Å². The molecule has 0 atom stereocenters. The van der Waals surface area contributed by atoms with E-state index in [2.05, 4.69) is 6.07 Å². The number of nitriles is 1. The van der Waals surface area contributed by atoms with Gasteiger partial charge in [0.2, 0.25) is 0 Å². The molecule has 0 aliphatic carbocycles. The smallest absolute Gasteiger partial charge is 0.119 e. The molecule has 104 valence electrons. The van der Waals surface area contributed by atoms with Crippen molar-refractivity contribution in [3.05, 3.63) is 24.3 Å². The van der Waals surface area contributed by atoms with Crippen molar-refractivity contribution in [2.45, 2.75) is 40.0 Å². The second-order valence-corrected chi connectivity index (χ2v) is 5.21. The molecular formula is C16H23NO2. The maximum atomic E-state index is 8.91. The highest BCUT2D eigenvalue weighted by Crippen LogP contribution is 2.22. The van der Waals surface area contributed by atoms with Crippen molar-refractivity contribution < 1.29 is 9.47 Å². The first kappa shape index (κ1) is 15.4. The Bertz CT molecular complexity index is 404. The topological polar surface area (TPSA) is 42.2 Å². The summed E-state index contributed by atoms with van der Waals surface area (Å²) in [6.45, 7) is 7.28. The maximum Gasteiger partial charge on any atom is 0.119 e. The Kier molecular flexibility index (Phi) is 6.21. The average molecular weight is 261 g/mol. The highest BCUT2D eigenvalue weighted by Gasteiger charge is 2.15. The van der Waals surface area contributed by atoms with Crippen LogP contribution in [0.4, 0.5) is 0 Å². The molecule has 0 aliphatic heterocycles. The Morgan fingerprint density at radius 3 is 2.16 bits per heavy atom. The lowest BCUT2D eigenvalue weighted by atomic mass is 9.89. The third-order valence-electron chi connectivity index (χ3n) is 2.90. The summed E-state index contributed by atoms with van der Waals surface area (Å²) in [5.74, 6) is 1.73. The van der Waals surface area contributed by atoms with Crippen molar-refractivity contribution in [1.29, 1.82) is 5.26 Å². The third-order valence-corrected chi connectivity index (χ3v) is 2.90. The second kappa shape index (κ2) is 7.68. The molecule has 1 aromatic rings. The fourth-order valence-electron chi connectivity index (χ4n) is 1.71. The minimum atomic E-state index is -0.223. The fraction of sp³-hybridized carbons (Fsp3) is 0.562. The maximum absolute atomic E-state index is 8.91. The molecule has 0 aromatic heterocycles. The van der Waals surface area contributed by atoms with Crippen LogP contribution < -0.4 is 9.47 Å². The summed E-state index contributed by atoms with van der Waals surface area (Å²) in [4.78, 5) is 0. The van der Waals surface area contributed by atoms with Gasteiger partial charge in [-0.25, -0.2) is 0 Å². The molecule has 3 heteroatoms. The molecule has 0 saturated carbocycles. The number of hydrogen-bond donors (Lipinski definition) is 0. The molecule has 0 radical (unpaired) electrons. The Hall–Kier alpha value is -1.69. The Balaban J connectivity index is 2.21. The van der Waals surface area contributed by atoms with E-state index in [9.17, 15) is 0 Å². The van der Waals surface area contributed by atoms with Crippen molar-refractivity contribution in [3.63, 3.8) is 0 Å². The Morgan fingerprint density at radius 1 is 1.05 bits per heavy atom. The molecule has 0 heterocycles. The standard InChI is InChI=1S/C16H23NO2/c1-4-18-14-7-9-15(10-8-14)19-12-6-5-11-16(2,3)13-17/h7-10H,4-6,11-12H2,1-3H3. The third kappa shape index (κ3) is 6.15. The number of hydrogen-bond acceptors (Lipinski definition) is 3. The lowest BCUT2D eigenvalue weighted by Crippen LogP contribution is -2.08. The van der Waals surface area contributed by atoms with E-state index in [4.69, 9.17) is 14.7 Å². The normalized spacial score (nSPS) is 10.8. The van der Waals surface area contributed by atoms with E-state index < -0.39 is 0 Å². The average Bonchev–Trinajstić information content (AvgIpc) is 2.40. The van der Waals surface area contributed by atoms with E-state index in [0.717, 1.165) is 30.8 Å². The predicted molar refractivity (Wildman–Crippen MR) is 76.4 cm³/mol. The van der Waals surface area contributed by atoms with Crippen LogP contribution in [-0.2, 0) is 0 Å². The molecule has 0 unspecified atom stereocenters. The van der Waals surface area contributed by atoms with Gasteiger partial charge in [0.25, 0.3) is 0 Å². The molecule has 19 heavy (non-hydrogen) atoms. The van der Waals surface area contributed by atoms with E-state index in [1.807, 2.05) is 45.0 Å². The van der Waals surface area contributed by atoms with Gasteiger partial charge < -0.3 is 9.47 Å². The van der Waals surface area contributed by atoms with Gasteiger partial charge in [0.1, 0.15) is 11.5 Å². The monoisotopic (exact) mass is 261 g/mol. The highest BCUT2D eigenvalue weighted by atomic mass is 16.5. The molecule has 1 rings (SSSR count). The van der Waals surface area contributed by atoms with Crippen LogP contribution in [0.5, 0.6) is 11.5 Å². The van der Waals surface area contributed by atoms with Gasteiger partial charge in [0.15, 0.2) is 0 Å². The first-order valence-electron chi connectivity index (χ1n) is 6.84. The van der Waals surface area contributed by atoms with E-state index in [-0.39, 0.29) is 5.41 Å². The molecule has 0 bridgehead atoms. The zero-order valence-electron chi connectivity index (χ0n) is 12.1. The number of ether oxygens (including phenoxy) is 2. The van der Waals surface area contributed by atoms with Crippen LogP contribution in [0, 0.1) is 16.7 Å². The van der Waals surface area contributed by atoms with Crippen LogP contribution in [0.2, 0.25) is 0 Å². The first-order chi connectivity index (χ1) is 9.07. The molecule has 0 amide bonds. The number of unbranched alkanes of at least 4 members (excludes halogenated alkanes) is 1. The minimum absolute atomic E-state index is 0.223. The first-order valence-corrected chi connectivity index (χ1v) is 6.84. The van der Waals surface area contributed by atoms with Gasteiger partial charge >= 0.3 is 0 Å². The quantitative estimate of drug-likeness (QED) is 0.659. The fourth-order valence-corrected chi connectivity index (χ4v) is 1.71. The summed E-state index contributed by atoms with van der Waals surface area (Å²) in [5.41, 5.74) is -0.223. The number of rotatable bonds is 8. The van der Waals surface area contributed by atoms with Crippen LogP contribution in [0.3, 0.4) is 0 Å². The summed E-state index contributed by atoms with van der Waals surface area (Å²) in [6, 6.07) is 9.98. The van der Waals surface area contributed by atoms with Gasteiger partial charge in [0, 0.05) is 0 Å². The van der Waals surface area contributed by atoms with Crippen molar-refractivity contribution in [2.24, 2.45) is 5.41 Å². The van der Waals surface area contributed by atoms with Crippen LogP contribution in [0.25, 0.3) is 0 Å². The molecule has 1 aromatic carbocycles. The van der Waals surface area contributed by atoms with Crippen LogP contribution in [0.15, 0.2) is 24.3 Å². The van der Waals surface area contributed by atoms with E-state index in [1.165, 1.54) is 0 Å². The van der Waals surface area contributed by atoms with Crippen molar-refractivity contribution in [1.82, 2.24) is 0 Å². The van der Waals surface area contributed by atoms with Gasteiger partial charge in [-0.1, -0.05) is 0 Å². The molecule has 0 spiro atoms. The summed E-state index contributed by atoms with van der Waals surface area (Å²) in [6.07, 6.45) is 2.89. The molecule has 0 N–H and O–H groups in total. The molecule has 0 fully saturated rings. The molecular weight excluding hydrogens is 238 g/mol. The van der Waals surface area contributed by atoms with Crippen LogP contribution >= 0.6 is 0 Å². The summed E-state index contributed by atoms with van der Waals surface area (Å²) >= 11 is 0. The van der Waals surface area contributed by atoms with Crippen LogP contribution in [-0.4, -0.2) is 13.2 Å². The lowest BCUT2D eigenvalue weighted by Gasteiger charge is -2.14. The van der Waals surface area contributed by atoms with Gasteiger partial charge in [-0.05, 0) is 64.3 Å². The highest BCUT2D eigenvalue weighted by molar-refractivity contribution is 5.31.